The summed E-state index contributed by atoms with van der Waals surface area (Å²) in [4.78, 5) is 2.63. The molecule has 0 bridgehead atoms. The van der Waals surface area contributed by atoms with E-state index in [0.29, 0.717) is 6.04 Å². The number of nitrogens with zero attached hydrogens (tertiary/aromatic N) is 1. The van der Waals surface area contributed by atoms with Gasteiger partial charge in [0.05, 0.1) is 0 Å². The molecule has 1 N–H and O–H groups in total. The number of nitrogens with one attached hydrogen (secondary N) is 1. The van der Waals surface area contributed by atoms with Gasteiger partial charge in [0, 0.05) is 24.8 Å². The Labute approximate surface area is 123 Å². The van der Waals surface area contributed by atoms with E-state index in [0.717, 1.165) is 12.5 Å². The fourth-order valence-electron chi connectivity index (χ4n) is 3.24. The Morgan fingerprint density at radius 2 is 2.20 bits per heavy atom. The van der Waals surface area contributed by atoms with Gasteiger partial charge >= 0.3 is 0 Å². The highest BCUT2D eigenvalue weighted by Gasteiger charge is 2.27. The molecule has 1 saturated carbocycles. The maximum atomic E-state index is 3.60. The monoisotopic (exact) mass is 272 g/mol. The lowest BCUT2D eigenvalue weighted by Gasteiger charge is -2.32. The normalized spacial score (nSPS) is 19.8. The van der Waals surface area contributed by atoms with Crippen molar-refractivity contribution in [2.45, 2.75) is 52.0 Å². The van der Waals surface area contributed by atoms with Crippen molar-refractivity contribution in [3.63, 3.8) is 0 Å². The van der Waals surface area contributed by atoms with Crippen LogP contribution in [-0.2, 0) is 6.42 Å². The van der Waals surface area contributed by atoms with Crippen molar-refractivity contribution in [2.75, 3.05) is 24.5 Å². The fourth-order valence-corrected chi connectivity index (χ4v) is 3.24. The van der Waals surface area contributed by atoms with E-state index in [1.807, 2.05) is 0 Å². The topological polar surface area (TPSA) is 15.3 Å². The molecule has 0 radical (unpaired) electrons. The van der Waals surface area contributed by atoms with Gasteiger partial charge in [0.15, 0.2) is 0 Å². The summed E-state index contributed by atoms with van der Waals surface area (Å²) >= 11 is 0. The molecule has 20 heavy (non-hydrogen) atoms. The molecule has 2 aliphatic rings. The SMILES string of the molecule is CCCNC(C)c1ccc2c(c1)CCCN2CC1CC1. The molecule has 0 aromatic heterocycles. The van der Waals surface area contributed by atoms with Crippen LogP contribution < -0.4 is 10.2 Å². The van der Waals surface area contributed by atoms with Gasteiger partial charge in [0.2, 0.25) is 0 Å². The van der Waals surface area contributed by atoms with Crippen LogP contribution in [0.2, 0.25) is 0 Å². The highest BCUT2D eigenvalue weighted by Crippen LogP contribution is 2.35. The Kier molecular flexibility index (Phi) is 4.30. The average Bonchev–Trinajstić information content (AvgIpc) is 3.28. The molecule has 1 heterocycles. The molecule has 110 valence electrons. The Balaban J connectivity index is 1.73. The van der Waals surface area contributed by atoms with E-state index < -0.39 is 0 Å². The molecule has 1 aromatic carbocycles. The molecule has 1 aromatic rings. The zero-order chi connectivity index (χ0) is 13.9. The standard InChI is InChI=1S/C18H28N2/c1-3-10-19-14(2)16-8-9-18-17(12-16)5-4-11-20(18)13-15-6-7-15/h8-9,12,14-15,19H,3-7,10-11,13H2,1-2H3. The molecule has 1 fully saturated rings. The molecule has 3 rings (SSSR count). The molecule has 0 amide bonds. The van der Waals surface area contributed by atoms with Gasteiger partial charge in [0.25, 0.3) is 0 Å². The van der Waals surface area contributed by atoms with Gasteiger partial charge in [0.1, 0.15) is 0 Å². The first-order chi connectivity index (χ1) is 9.78. The third kappa shape index (κ3) is 3.17. The minimum absolute atomic E-state index is 0.471. The lowest BCUT2D eigenvalue weighted by molar-refractivity contribution is 0.569. The van der Waals surface area contributed by atoms with E-state index in [9.17, 15) is 0 Å². The van der Waals surface area contributed by atoms with Crippen LogP contribution in [0.1, 0.15) is 56.7 Å². The fraction of sp³-hybridized carbons (Fsp3) is 0.667. The minimum atomic E-state index is 0.471. The second kappa shape index (κ2) is 6.17. The third-order valence-electron chi connectivity index (χ3n) is 4.69. The van der Waals surface area contributed by atoms with Crippen LogP contribution in [0.5, 0.6) is 0 Å². The Bertz CT molecular complexity index is 451. The average molecular weight is 272 g/mol. The zero-order valence-electron chi connectivity index (χ0n) is 13.0. The third-order valence-corrected chi connectivity index (χ3v) is 4.69. The summed E-state index contributed by atoms with van der Waals surface area (Å²) < 4.78 is 0. The van der Waals surface area contributed by atoms with Crippen molar-refractivity contribution in [3.8, 4) is 0 Å². The van der Waals surface area contributed by atoms with Crippen molar-refractivity contribution >= 4 is 5.69 Å². The molecule has 1 aliphatic carbocycles. The van der Waals surface area contributed by atoms with Gasteiger partial charge in [-0.15, -0.1) is 0 Å². The van der Waals surface area contributed by atoms with Crippen LogP contribution in [0.25, 0.3) is 0 Å². The van der Waals surface area contributed by atoms with E-state index in [1.165, 1.54) is 56.4 Å². The summed E-state index contributed by atoms with van der Waals surface area (Å²) in [5.41, 5.74) is 4.53. The smallest absolute Gasteiger partial charge is 0.0399 e. The van der Waals surface area contributed by atoms with Crippen LogP contribution in [0.3, 0.4) is 0 Å². The Hall–Kier alpha value is -1.02. The number of anilines is 1. The summed E-state index contributed by atoms with van der Waals surface area (Å²) in [5.74, 6) is 0.978. The molecule has 0 spiro atoms. The Morgan fingerprint density at radius 3 is 2.95 bits per heavy atom. The van der Waals surface area contributed by atoms with E-state index in [1.54, 1.807) is 5.56 Å². The largest absolute Gasteiger partial charge is 0.371 e. The summed E-state index contributed by atoms with van der Waals surface area (Å²) in [6.45, 7) is 8.15. The van der Waals surface area contributed by atoms with Crippen LogP contribution in [0.4, 0.5) is 5.69 Å². The summed E-state index contributed by atoms with van der Waals surface area (Å²) in [5, 5.41) is 3.60. The molecule has 1 atom stereocenters. The summed E-state index contributed by atoms with van der Waals surface area (Å²) in [7, 11) is 0. The molecule has 0 saturated heterocycles. The maximum Gasteiger partial charge on any atom is 0.0399 e. The number of rotatable bonds is 6. The van der Waals surface area contributed by atoms with Gasteiger partial charge in [-0.05, 0) is 68.7 Å². The zero-order valence-corrected chi connectivity index (χ0v) is 13.0. The van der Waals surface area contributed by atoms with E-state index >= 15 is 0 Å². The first-order valence-electron chi connectivity index (χ1n) is 8.39. The number of hydrogen-bond donors (Lipinski definition) is 1. The molecule has 1 unspecified atom stereocenters. The molecular weight excluding hydrogens is 244 g/mol. The molecule has 2 heteroatoms. The van der Waals surface area contributed by atoms with E-state index in [-0.39, 0.29) is 0 Å². The van der Waals surface area contributed by atoms with Gasteiger partial charge in [-0.25, -0.2) is 0 Å². The van der Waals surface area contributed by atoms with Crippen molar-refractivity contribution in [2.24, 2.45) is 5.92 Å². The number of fused-ring (bicyclic) bond motifs is 1. The van der Waals surface area contributed by atoms with Crippen LogP contribution in [-0.4, -0.2) is 19.6 Å². The van der Waals surface area contributed by atoms with Crippen molar-refractivity contribution in [3.05, 3.63) is 29.3 Å². The number of aryl methyl sites for hydroxylation is 1. The highest BCUT2D eigenvalue weighted by atomic mass is 15.1. The molecule has 1 aliphatic heterocycles. The quantitative estimate of drug-likeness (QED) is 0.844. The summed E-state index contributed by atoms with van der Waals surface area (Å²) in [6, 6.07) is 7.62. The van der Waals surface area contributed by atoms with Crippen LogP contribution in [0.15, 0.2) is 18.2 Å². The van der Waals surface area contributed by atoms with Gasteiger partial charge < -0.3 is 10.2 Å². The van der Waals surface area contributed by atoms with Gasteiger partial charge in [-0.1, -0.05) is 19.1 Å². The van der Waals surface area contributed by atoms with Crippen LogP contribution >= 0.6 is 0 Å². The predicted octanol–water partition coefficient (Wildman–Crippen LogP) is 3.91. The minimum Gasteiger partial charge on any atom is -0.371 e. The van der Waals surface area contributed by atoms with Gasteiger partial charge in [-0.3, -0.25) is 0 Å². The second-order valence-electron chi connectivity index (χ2n) is 6.56. The van der Waals surface area contributed by atoms with Gasteiger partial charge in [-0.2, -0.15) is 0 Å². The predicted molar refractivity (Wildman–Crippen MR) is 86.4 cm³/mol. The lowest BCUT2D eigenvalue weighted by atomic mass is 9.96. The first kappa shape index (κ1) is 13.9. The van der Waals surface area contributed by atoms with Crippen molar-refractivity contribution in [1.82, 2.24) is 5.32 Å². The van der Waals surface area contributed by atoms with E-state index in [2.05, 4.69) is 42.3 Å². The molecular formula is C18H28N2. The number of hydrogen-bond acceptors (Lipinski definition) is 2. The van der Waals surface area contributed by atoms with Crippen LogP contribution in [0, 0.1) is 5.92 Å². The second-order valence-corrected chi connectivity index (χ2v) is 6.56. The van der Waals surface area contributed by atoms with Crippen molar-refractivity contribution < 1.29 is 0 Å². The molecule has 2 nitrogen and oxygen atoms in total. The number of benzene rings is 1. The first-order valence-corrected chi connectivity index (χ1v) is 8.39. The Morgan fingerprint density at radius 1 is 1.35 bits per heavy atom. The lowest BCUT2D eigenvalue weighted by Crippen LogP contribution is -2.31. The highest BCUT2D eigenvalue weighted by molar-refractivity contribution is 5.57. The maximum absolute atomic E-state index is 3.60. The van der Waals surface area contributed by atoms with Crippen molar-refractivity contribution in [1.29, 1.82) is 0 Å². The summed E-state index contributed by atoms with van der Waals surface area (Å²) in [6.07, 6.45) is 6.67. The van der Waals surface area contributed by atoms with E-state index in [4.69, 9.17) is 0 Å².